The van der Waals surface area contributed by atoms with Crippen molar-refractivity contribution < 1.29 is 4.79 Å². The van der Waals surface area contributed by atoms with E-state index in [-0.39, 0.29) is 0 Å². The molecule has 20 heavy (non-hydrogen) atoms. The number of hydrogen-bond donors (Lipinski definition) is 0. The van der Waals surface area contributed by atoms with E-state index in [0.29, 0.717) is 40.3 Å². The van der Waals surface area contributed by atoms with Crippen LogP contribution in [0.1, 0.15) is 65.2 Å². The van der Waals surface area contributed by atoms with Crippen LogP contribution in [0.5, 0.6) is 0 Å². The smallest absolute Gasteiger partial charge is 0.136 e. The number of carbonyl (C=O) groups is 1. The average Bonchev–Trinajstić information content (AvgIpc) is 2.81. The molecule has 1 heteroatoms. The Kier molecular flexibility index (Phi) is 2.76. The van der Waals surface area contributed by atoms with Crippen LogP contribution >= 0.6 is 0 Å². The highest BCUT2D eigenvalue weighted by molar-refractivity contribution is 5.83. The van der Waals surface area contributed by atoms with Gasteiger partial charge in [0, 0.05) is 12.3 Å². The first-order valence-corrected chi connectivity index (χ1v) is 8.72. The molecule has 0 bridgehead atoms. The maximum absolute atomic E-state index is 12.9. The maximum Gasteiger partial charge on any atom is 0.136 e. The summed E-state index contributed by atoms with van der Waals surface area (Å²) in [6.07, 6.45) is 14.7. The lowest BCUT2D eigenvalue weighted by Gasteiger charge is -2.58. The van der Waals surface area contributed by atoms with Crippen LogP contribution in [0, 0.1) is 34.5 Å². The fourth-order valence-electron chi connectivity index (χ4n) is 6.50. The van der Waals surface area contributed by atoms with E-state index >= 15 is 0 Å². The van der Waals surface area contributed by atoms with Crippen molar-refractivity contribution in [3.05, 3.63) is 12.2 Å². The summed E-state index contributed by atoms with van der Waals surface area (Å²) in [4.78, 5) is 12.9. The van der Waals surface area contributed by atoms with Crippen LogP contribution in [0.2, 0.25) is 0 Å². The van der Waals surface area contributed by atoms with Crippen molar-refractivity contribution in [2.45, 2.75) is 65.2 Å². The number of ketones is 1. The molecule has 0 heterocycles. The molecule has 4 aliphatic rings. The molecule has 6 atom stereocenters. The molecule has 0 amide bonds. The predicted octanol–water partition coefficient (Wildman–Crippen LogP) is 4.76. The van der Waals surface area contributed by atoms with Crippen LogP contribution in [-0.2, 0) is 4.79 Å². The second-order valence-corrected chi connectivity index (χ2v) is 8.61. The van der Waals surface area contributed by atoms with Crippen molar-refractivity contribution in [3.8, 4) is 0 Å². The molecule has 0 radical (unpaired) electrons. The minimum absolute atomic E-state index is 0.406. The molecule has 4 rings (SSSR count). The van der Waals surface area contributed by atoms with E-state index in [1.54, 1.807) is 0 Å². The molecule has 0 aromatic rings. The molecule has 110 valence electrons. The monoisotopic (exact) mass is 272 g/mol. The van der Waals surface area contributed by atoms with Crippen LogP contribution < -0.4 is 0 Å². The summed E-state index contributed by atoms with van der Waals surface area (Å²) < 4.78 is 0. The molecule has 3 fully saturated rings. The molecule has 0 aromatic carbocycles. The van der Waals surface area contributed by atoms with Gasteiger partial charge in [0.25, 0.3) is 0 Å². The Morgan fingerprint density at radius 3 is 2.80 bits per heavy atom. The van der Waals surface area contributed by atoms with Gasteiger partial charge in [-0.2, -0.15) is 0 Å². The Hall–Kier alpha value is -0.590. The molecule has 3 saturated carbocycles. The summed E-state index contributed by atoms with van der Waals surface area (Å²) in [6, 6.07) is 0. The van der Waals surface area contributed by atoms with Crippen molar-refractivity contribution in [3.63, 3.8) is 0 Å². The molecule has 0 aliphatic heterocycles. The lowest BCUT2D eigenvalue weighted by molar-refractivity contribution is -0.150. The highest BCUT2D eigenvalue weighted by Crippen LogP contribution is 2.64. The van der Waals surface area contributed by atoms with E-state index in [0.717, 1.165) is 12.8 Å². The fourth-order valence-corrected chi connectivity index (χ4v) is 6.50. The molecule has 1 nitrogen and oxygen atoms in total. The Morgan fingerprint density at radius 1 is 1.10 bits per heavy atom. The zero-order valence-electron chi connectivity index (χ0n) is 13.0. The third kappa shape index (κ3) is 1.58. The van der Waals surface area contributed by atoms with Gasteiger partial charge < -0.3 is 0 Å². The molecule has 0 saturated heterocycles. The number of rotatable bonds is 0. The maximum atomic E-state index is 12.9. The Labute approximate surface area is 123 Å². The number of hydrogen-bond acceptors (Lipinski definition) is 1. The van der Waals surface area contributed by atoms with Gasteiger partial charge in [0.1, 0.15) is 5.78 Å². The van der Waals surface area contributed by atoms with Crippen LogP contribution in [0.4, 0.5) is 0 Å². The van der Waals surface area contributed by atoms with Gasteiger partial charge in [0.05, 0.1) is 0 Å². The molecule has 4 aliphatic carbocycles. The van der Waals surface area contributed by atoms with Crippen molar-refractivity contribution in [1.82, 2.24) is 0 Å². The highest BCUT2D eigenvalue weighted by Gasteiger charge is 2.59. The molecule has 0 unspecified atom stereocenters. The van der Waals surface area contributed by atoms with Gasteiger partial charge in [0.15, 0.2) is 0 Å². The molecule has 0 spiro atoms. The number of carbonyl (C=O) groups excluding carboxylic acids is 1. The molecular weight excluding hydrogens is 244 g/mol. The van der Waals surface area contributed by atoms with Gasteiger partial charge in [0.2, 0.25) is 0 Å². The van der Waals surface area contributed by atoms with Crippen LogP contribution in [0.3, 0.4) is 0 Å². The summed E-state index contributed by atoms with van der Waals surface area (Å²) >= 11 is 0. The van der Waals surface area contributed by atoms with Crippen LogP contribution in [0.25, 0.3) is 0 Å². The van der Waals surface area contributed by atoms with E-state index in [2.05, 4.69) is 26.0 Å². The third-order valence-electron chi connectivity index (χ3n) is 7.80. The molecule has 0 aromatic heterocycles. The normalized spacial score (nSPS) is 54.2. The fraction of sp³-hybridized carbons (Fsp3) is 0.842. The van der Waals surface area contributed by atoms with E-state index in [9.17, 15) is 4.79 Å². The lowest BCUT2D eigenvalue weighted by atomic mass is 9.46. The summed E-state index contributed by atoms with van der Waals surface area (Å²) in [6.45, 7) is 4.98. The zero-order chi connectivity index (χ0) is 14.0. The van der Waals surface area contributed by atoms with Crippen molar-refractivity contribution in [2.75, 3.05) is 0 Å². The van der Waals surface area contributed by atoms with Crippen molar-refractivity contribution >= 4 is 5.78 Å². The largest absolute Gasteiger partial charge is 0.299 e. The highest BCUT2D eigenvalue weighted by atomic mass is 16.1. The van der Waals surface area contributed by atoms with E-state index in [1.165, 1.54) is 38.5 Å². The average molecular weight is 272 g/mol. The number of Topliss-reactive ketones (excluding diaryl/α,β-unsaturated/α-hetero) is 1. The van der Waals surface area contributed by atoms with Gasteiger partial charge >= 0.3 is 0 Å². The summed E-state index contributed by atoms with van der Waals surface area (Å²) in [5, 5.41) is 0. The standard InChI is InChI=1S/C19H28O/c1-18-9-5-7-14(18)17-15(8-11-18)19(2)10-4-3-6-13(19)12-16(17)20/h3-4,13-15,17H,5-12H2,1-2H3/t13-,14-,15+,17+,18-,19-/m1/s1. The van der Waals surface area contributed by atoms with Gasteiger partial charge in [-0.15, -0.1) is 0 Å². The van der Waals surface area contributed by atoms with Crippen LogP contribution in [-0.4, -0.2) is 5.78 Å². The van der Waals surface area contributed by atoms with E-state index < -0.39 is 0 Å². The lowest BCUT2D eigenvalue weighted by Crippen LogP contribution is -2.55. The Bertz CT molecular complexity index is 464. The third-order valence-corrected chi connectivity index (χ3v) is 7.80. The van der Waals surface area contributed by atoms with Gasteiger partial charge in [-0.05, 0) is 67.1 Å². The van der Waals surface area contributed by atoms with Gasteiger partial charge in [-0.3, -0.25) is 4.79 Å². The first kappa shape index (κ1) is 13.1. The van der Waals surface area contributed by atoms with Crippen LogP contribution in [0.15, 0.2) is 12.2 Å². The predicted molar refractivity (Wildman–Crippen MR) is 81.3 cm³/mol. The SMILES string of the molecule is C[C@]12CCC[C@@H]1[C@@H]1C(=O)C[C@H]3CC=CC[C@@]3(C)[C@H]1CC2. The molecular formula is C19H28O. The Balaban J connectivity index is 1.73. The minimum atomic E-state index is 0.406. The second kappa shape index (κ2) is 4.21. The van der Waals surface area contributed by atoms with Gasteiger partial charge in [-0.25, -0.2) is 0 Å². The van der Waals surface area contributed by atoms with Crippen molar-refractivity contribution in [1.29, 1.82) is 0 Å². The quantitative estimate of drug-likeness (QED) is 0.581. The Morgan fingerprint density at radius 2 is 1.95 bits per heavy atom. The second-order valence-electron chi connectivity index (χ2n) is 8.61. The summed E-state index contributed by atoms with van der Waals surface area (Å²) in [7, 11) is 0. The first-order valence-electron chi connectivity index (χ1n) is 8.72. The number of allylic oxidation sites excluding steroid dienone is 2. The molecule has 0 N–H and O–H groups in total. The summed E-state index contributed by atoms with van der Waals surface area (Å²) in [5.74, 6) is 3.05. The topological polar surface area (TPSA) is 17.1 Å². The van der Waals surface area contributed by atoms with Gasteiger partial charge in [-0.1, -0.05) is 32.4 Å². The van der Waals surface area contributed by atoms with E-state index in [4.69, 9.17) is 0 Å². The minimum Gasteiger partial charge on any atom is -0.299 e. The van der Waals surface area contributed by atoms with E-state index in [1.807, 2.05) is 0 Å². The zero-order valence-corrected chi connectivity index (χ0v) is 13.0. The first-order chi connectivity index (χ1) is 9.55. The number of fused-ring (bicyclic) bond motifs is 5. The summed E-state index contributed by atoms with van der Waals surface area (Å²) in [5.41, 5.74) is 0.905. The van der Waals surface area contributed by atoms with Crippen molar-refractivity contribution in [2.24, 2.45) is 34.5 Å².